The zero-order valence-corrected chi connectivity index (χ0v) is 15.6. The van der Waals surface area contributed by atoms with E-state index in [4.69, 9.17) is 0 Å². The Balaban J connectivity index is 0.00000220. The van der Waals surface area contributed by atoms with Crippen LogP contribution in [-0.2, 0) is 5.41 Å². The molecule has 3 nitrogen and oxygen atoms in total. The molecule has 2 rings (SSSR count). The summed E-state index contributed by atoms with van der Waals surface area (Å²) in [6, 6.07) is 8.14. The van der Waals surface area contributed by atoms with Gasteiger partial charge in [0.05, 0.1) is 6.54 Å². The van der Waals surface area contributed by atoms with Crippen molar-refractivity contribution in [1.29, 1.82) is 0 Å². The number of hydrogen-bond donors (Lipinski definition) is 2. The van der Waals surface area contributed by atoms with Gasteiger partial charge in [-0.2, -0.15) is 0 Å². The van der Waals surface area contributed by atoms with Gasteiger partial charge in [0, 0.05) is 23.5 Å². The van der Waals surface area contributed by atoms with Crippen molar-refractivity contribution in [2.24, 2.45) is 4.99 Å². The van der Waals surface area contributed by atoms with Crippen molar-refractivity contribution in [1.82, 2.24) is 10.6 Å². The van der Waals surface area contributed by atoms with Crippen LogP contribution in [0.5, 0.6) is 0 Å². The molecule has 0 aromatic heterocycles. The lowest BCUT2D eigenvalue weighted by Crippen LogP contribution is -2.42. The average Bonchev–Trinajstić information content (AvgIpc) is 3.20. The van der Waals surface area contributed by atoms with Crippen LogP contribution < -0.4 is 10.6 Å². The van der Waals surface area contributed by atoms with E-state index < -0.39 is 6.43 Å². The van der Waals surface area contributed by atoms with Crippen LogP contribution in [0.2, 0.25) is 0 Å². The molecule has 1 aliphatic rings. The predicted octanol–water partition coefficient (Wildman–Crippen LogP) is 3.53. The quantitative estimate of drug-likeness (QED) is 0.390. The molecule has 0 radical (unpaired) electrons. The van der Waals surface area contributed by atoms with Crippen molar-refractivity contribution in [3.05, 3.63) is 34.3 Å². The third-order valence-electron chi connectivity index (χ3n) is 3.54. The number of nitrogens with zero attached hydrogens (tertiary/aromatic N) is 1. The van der Waals surface area contributed by atoms with Crippen LogP contribution in [0.3, 0.4) is 0 Å². The van der Waals surface area contributed by atoms with E-state index in [0.717, 1.165) is 17.3 Å². The van der Waals surface area contributed by atoms with Gasteiger partial charge in [0.15, 0.2) is 5.96 Å². The summed E-state index contributed by atoms with van der Waals surface area (Å²) in [6.07, 6.45) is -0.199. The molecule has 1 fully saturated rings. The van der Waals surface area contributed by atoms with Crippen LogP contribution in [0.15, 0.2) is 33.7 Å². The number of benzene rings is 1. The number of hydrogen-bond acceptors (Lipinski definition) is 1. The van der Waals surface area contributed by atoms with E-state index in [0.29, 0.717) is 12.5 Å². The maximum atomic E-state index is 12.2. The van der Waals surface area contributed by atoms with Crippen molar-refractivity contribution in [2.45, 2.75) is 24.7 Å². The van der Waals surface area contributed by atoms with E-state index in [-0.39, 0.29) is 35.9 Å². The lowest BCUT2D eigenvalue weighted by atomic mass is 9.96. The highest BCUT2D eigenvalue weighted by molar-refractivity contribution is 14.0. The van der Waals surface area contributed by atoms with E-state index in [1.165, 1.54) is 5.56 Å². The minimum Gasteiger partial charge on any atom is -0.356 e. The molecule has 0 spiro atoms. The Morgan fingerprint density at radius 1 is 1.33 bits per heavy atom. The second-order valence-corrected chi connectivity index (χ2v) is 5.81. The molecule has 2 N–H and O–H groups in total. The smallest absolute Gasteiger partial charge is 0.255 e. The first kappa shape index (κ1) is 18.6. The summed E-state index contributed by atoms with van der Waals surface area (Å²) in [5.74, 6) is 0.420. The molecule has 0 amide bonds. The van der Waals surface area contributed by atoms with Crippen LogP contribution in [0.1, 0.15) is 18.4 Å². The van der Waals surface area contributed by atoms with E-state index >= 15 is 0 Å². The highest BCUT2D eigenvalue weighted by Gasteiger charge is 2.45. The zero-order valence-electron chi connectivity index (χ0n) is 11.7. The highest BCUT2D eigenvalue weighted by atomic mass is 127. The van der Waals surface area contributed by atoms with Gasteiger partial charge in [-0.3, -0.25) is 4.99 Å². The monoisotopic (exact) mass is 473 g/mol. The van der Waals surface area contributed by atoms with Crippen LogP contribution in [0.25, 0.3) is 0 Å². The first-order chi connectivity index (χ1) is 9.57. The summed E-state index contributed by atoms with van der Waals surface area (Å²) in [7, 11) is 1.58. The van der Waals surface area contributed by atoms with E-state index in [1.54, 1.807) is 7.05 Å². The van der Waals surface area contributed by atoms with Gasteiger partial charge in [0.1, 0.15) is 0 Å². The highest BCUT2D eigenvalue weighted by Crippen LogP contribution is 2.49. The molecule has 1 aromatic carbocycles. The van der Waals surface area contributed by atoms with Crippen LogP contribution in [0.4, 0.5) is 8.78 Å². The molecule has 118 valence electrons. The normalized spacial score (nSPS) is 16.3. The minimum atomic E-state index is -2.38. The Morgan fingerprint density at radius 3 is 2.52 bits per heavy atom. The Morgan fingerprint density at radius 2 is 2.00 bits per heavy atom. The maximum absolute atomic E-state index is 12.2. The van der Waals surface area contributed by atoms with Gasteiger partial charge in [-0.25, -0.2) is 8.78 Å². The molecular weight excluding hydrogens is 455 g/mol. The van der Waals surface area contributed by atoms with Crippen molar-refractivity contribution in [3.63, 3.8) is 0 Å². The average molecular weight is 474 g/mol. The summed E-state index contributed by atoms with van der Waals surface area (Å²) < 4.78 is 25.5. The number of halogens is 4. The lowest BCUT2D eigenvalue weighted by molar-refractivity contribution is 0.152. The van der Waals surface area contributed by atoms with Gasteiger partial charge in [0.25, 0.3) is 6.43 Å². The molecule has 1 aromatic rings. The van der Waals surface area contributed by atoms with Gasteiger partial charge >= 0.3 is 0 Å². The fraction of sp³-hybridized carbons (Fsp3) is 0.500. The number of alkyl halides is 2. The van der Waals surface area contributed by atoms with Crippen LogP contribution in [0, 0.1) is 0 Å². The minimum absolute atomic E-state index is 0. The van der Waals surface area contributed by atoms with Crippen LogP contribution in [-0.4, -0.2) is 32.5 Å². The molecule has 0 saturated heterocycles. The molecule has 0 unspecified atom stereocenters. The topological polar surface area (TPSA) is 36.4 Å². The fourth-order valence-electron chi connectivity index (χ4n) is 2.23. The third-order valence-corrected chi connectivity index (χ3v) is 4.23. The molecule has 0 atom stereocenters. The molecule has 0 aliphatic heterocycles. The summed E-state index contributed by atoms with van der Waals surface area (Å²) in [5.41, 5.74) is 1.35. The summed E-state index contributed by atoms with van der Waals surface area (Å²) in [6.45, 7) is 0.306. The predicted molar refractivity (Wildman–Crippen MR) is 95.8 cm³/mol. The Kier molecular flexibility index (Phi) is 7.32. The van der Waals surface area contributed by atoms with Gasteiger partial charge in [0.2, 0.25) is 0 Å². The molecule has 0 heterocycles. The second-order valence-electron chi connectivity index (χ2n) is 4.96. The number of aliphatic imine (C=N–C) groups is 1. The first-order valence-corrected chi connectivity index (χ1v) is 7.34. The van der Waals surface area contributed by atoms with E-state index in [2.05, 4.69) is 37.6 Å². The molecule has 0 bridgehead atoms. The van der Waals surface area contributed by atoms with Crippen molar-refractivity contribution in [3.8, 4) is 0 Å². The Hall–Kier alpha value is -0.440. The molecule has 1 saturated carbocycles. The Labute approximate surface area is 149 Å². The van der Waals surface area contributed by atoms with Gasteiger partial charge in [-0.05, 0) is 24.5 Å². The lowest BCUT2D eigenvalue weighted by Gasteiger charge is -2.20. The van der Waals surface area contributed by atoms with Gasteiger partial charge in [-0.15, -0.1) is 24.0 Å². The number of rotatable bonds is 5. The summed E-state index contributed by atoms with van der Waals surface area (Å²) in [4.78, 5) is 3.96. The summed E-state index contributed by atoms with van der Waals surface area (Å²) >= 11 is 3.57. The third kappa shape index (κ3) is 5.05. The number of guanidine groups is 1. The second kappa shape index (κ2) is 8.26. The van der Waals surface area contributed by atoms with Crippen LogP contribution >= 0.6 is 39.9 Å². The van der Waals surface area contributed by atoms with Crippen molar-refractivity contribution in [2.75, 3.05) is 20.1 Å². The molecule has 1 aliphatic carbocycles. The molecule has 21 heavy (non-hydrogen) atoms. The summed E-state index contributed by atoms with van der Waals surface area (Å²) in [5, 5.41) is 5.75. The maximum Gasteiger partial charge on any atom is 0.255 e. The van der Waals surface area contributed by atoms with E-state index in [9.17, 15) is 8.78 Å². The molecule has 7 heteroatoms. The van der Waals surface area contributed by atoms with Crippen molar-refractivity contribution < 1.29 is 8.78 Å². The SMILES string of the molecule is CN=C(NCC(F)F)NCC1(c2ccccc2Br)CC1.I. The fourth-order valence-corrected chi connectivity index (χ4v) is 2.94. The number of nitrogens with one attached hydrogen (secondary N) is 2. The largest absolute Gasteiger partial charge is 0.356 e. The molecular formula is C14H19BrF2IN3. The first-order valence-electron chi connectivity index (χ1n) is 6.55. The van der Waals surface area contributed by atoms with Gasteiger partial charge < -0.3 is 10.6 Å². The zero-order chi connectivity index (χ0) is 14.6. The van der Waals surface area contributed by atoms with Gasteiger partial charge in [-0.1, -0.05) is 34.1 Å². The van der Waals surface area contributed by atoms with E-state index in [1.807, 2.05) is 18.2 Å². The Bertz CT molecular complexity index is 493. The standard InChI is InChI=1S/C14H18BrF2N3.HI/c1-18-13(19-8-12(16)17)20-9-14(6-7-14)10-4-2-3-5-11(10)15;/h2-5,12H,6-9H2,1H3,(H2,18,19,20);1H. The van der Waals surface area contributed by atoms with Crippen molar-refractivity contribution >= 4 is 45.9 Å².